The summed E-state index contributed by atoms with van der Waals surface area (Å²) in [7, 11) is 0. The van der Waals surface area contributed by atoms with Crippen molar-refractivity contribution in [1.29, 1.82) is 0 Å². The zero-order chi connectivity index (χ0) is 24.9. The Bertz CT molecular complexity index is 1310. The highest BCUT2D eigenvalue weighted by Gasteiger charge is 2.36. The minimum atomic E-state index is -0.546. The second kappa shape index (κ2) is 11.3. The number of hydrogen-bond donors (Lipinski definition) is 1. The lowest BCUT2D eigenvalue weighted by Gasteiger charge is -2.13. The number of benzene rings is 3. The second-order valence-corrected chi connectivity index (χ2v) is 10.2. The Balaban J connectivity index is 1.47. The first-order chi connectivity index (χ1) is 16.8. The van der Waals surface area contributed by atoms with Gasteiger partial charge in [-0.2, -0.15) is 0 Å². The van der Waals surface area contributed by atoms with Gasteiger partial charge in [-0.15, -0.1) is 0 Å². The number of amides is 3. The van der Waals surface area contributed by atoms with Crippen molar-refractivity contribution in [2.45, 2.75) is 6.61 Å². The number of ether oxygens (including phenoxy) is 1. The van der Waals surface area contributed by atoms with Crippen molar-refractivity contribution in [2.24, 2.45) is 0 Å². The number of nitrogens with one attached hydrogen (secondary N) is 1. The Labute approximate surface area is 224 Å². The fourth-order valence-electron chi connectivity index (χ4n) is 3.16. The Morgan fingerprint density at radius 2 is 1.66 bits per heavy atom. The number of carbonyl (C=O) groups is 3. The summed E-state index contributed by atoms with van der Waals surface area (Å²) in [6.45, 7) is -0.102. The van der Waals surface area contributed by atoms with E-state index in [1.807, 2.05) is 18.2 Å². The SMILES string of the molecule is O=C(CN1C(=O)S/C(=C/c2cc(Br)ccc2OCc2ccc(Cl)cc2)C1=O)Nc1ccc(Cl)cc1. The number of carbonyl (C=O) groups excluding carboxylic acids is 3. The molecular weight excluding hydrogens is 575 g/mol. The highest BCUT2D eigenvalue weighted by atomic mass is 79.9. The van der Waals surface area contributed by atoms with Gasteiger partial charge in [0.15, 0.2) is 0 Å². The number of thioether (sulfide) groups is 1. The van der Waals surface area contributed by atoms with Crippen LogP contribution in [0, 0.1) is 0 Å². The van der Waals surface area contributed by atoms with E-state index in [0.717, 1.165) is 26.7 Å². The van der Waals surface area contributed by atoms with E-state index in [1.165, 1.54) is 0 Å². The Morgan fingerprint density at radius 3 is 2.34 bits per heavy atom. The summed E-state index contributed by atoms with van der Waals surface area (Å²) in [4.78, 5) is 38.9. The summed E-state index contributed by atoms with van der Waals surface area (Å²) in [5, 5.41) is 3.29. The molecule has 3 amide bonds. The van der Waals surface area contributed by atoms with Gasteiger partial charge < -0.3 is 10.1 Å². The predicted octanol–water partition coefficient (Wildman–Crippen LogP) is 7.01. The Morgan fingerprint density at radius 1 is 1.00 bits per heavy atom. The van der Waals surface area contributed by atoms with Crippen molar-refractivity contribution >= 4 is 79.7 Å². The van der Waals surface area contributed by atoms with E-state index >= 15 is 0 Å². The summed E-state index contributed by atoms with van der Waals surface area (Å²) in [5.41, 5.74) is 2.05. The van der Waals surface area contributed by atoms with E-state index in [2.05, 4.69) is 21.2 Å². The molecule has 10 heteroatoms. The lowest BCUT2D eigenvalue weighted by atomic mass is 10.1. The molecule has 0 radical (unpaired) electrons. The summed E-state index contributed by atoms with van der Waals surface area (Å²) in [5.74, 6) is -0.504. The number of anilines is 1. The van der Waals surface area contributed by atoms with Gasteiger partial charge in [-0.05, 0) is 78.0 Å². The molecule has 6 nitrogen and oxygen atoms in total. The van der Waals surface area contributed by atoms with Gasteiger partial charge in [0.2, 0.25) is 5.91 Å². The fraction of sp³-hybridized carbons (Fsp3) is 0.0800. The molecule has 0 spiro atoms. The van der Waals surface area contributed by atoms with Gasteiger partial charge in [-0.1, -0.05) is 51.3 Å². The van der Waals surface area contributed by atoms with E-state index in [1.54, 1.807) is 54.6 Å². The van der Waals surface area contributed by atoms with E-state index in [-0.39, 0.29) is 4.91 Å². The minimum absolute atomic E-state index is 0.198. The van der Waals surface area contributed by atoms with Crippen LogP contribution >= 0.6 is 50.9 Å². The Hall–Kier alpha value is -2.78. The number of hydrogen-bond acceptors (Lipinski definition) is 5. The molecule has 35 heavy (non-hydrogen) atoms. The maximum atomic E-state index is 12.9. The van der Waals surface area contributed by atoms with Crippen LogP contribution in [0.5, 0.6) is 5.75 Å². The molecule has 0 saturated carbocycles. The van der Waals surface area contributed by atoms with E-state index in [9.17, 15) is 14.4 Å². The molecule has 1 aliphatic heterocycles. The van der Waals surface area contributed by atoms with Gasteiger partial charge in [0.05, 0.1) is 4.91 Å². The zero-order valence-electron chi connectivity index (χ0n) is 18.0. The van der Waals surface area contributed by atoms with Crippen molar-refractivity contribution in [3.8, 4) is 5.75 Å². The van der Waals surface area contributed by atoms with Crippen LogP contribution in [-0.4, -0.2) is 28.5 Å². The van der Waals surface area contributed by atoms with Crippen LogP contribution in [0.25, 0.3) is 6.08 Å². The molecule has 1 N–H and O–H groups in total. The number of halogens is 3. The monoisotopic (exact) mass is 590 g/mol. The summed E-state index contributed by atoms with van der Waals surface area (Å²) < 4.78 is 6.74. The lowest BCUT2D eigenvalue weighted by molar-refractivity contribution is -0.127. The third kappa shape index (κ3) is 6.67. The summed E-state index contributed by atoms with van der Waals surface area (Å²) in [6.07, 6.45) is 1.59. The molecule has 3 aromatic carbocycles. The van der Waals surface area contributed by atoms with Crippen LogP contribution in [0.3, 0.4) is 0 Å². The van der Waals surface area contributed by atoms with Gasteiger partial charge in [-0.25, -0.2) is 0 Å². The van der Waals surface area contributed by atoms with Crippen LogP contribution in [0.2, 0.25) is 10.0 Å². The second-order valence-electron chi connectivity index (χ2n) is 7.42. The molecular formula is C25H17BrCl2N2O4S. The van der Waals surface area contributed by atoms with Crippen LogP contribution in [0.4, 0.5) is 10.5 Å². The van der Waals surface area contributed by atoms with Gasteiger partial charge >= 0.3 is 0 Å². The first kappa shape index (κ1) is 25.3. The molecule has 4 rings (SSSR count). The predicted molar refractivity (Wildman–Crippen MR) is 143 cm³/mol. The van der Waals surface area contributed by atoms with Crippen molar-refractivity contribution in [2.75, 3.05) is 11.9 Å². The molecule has 1 heterocycles. The molecule has 0 aliphatic carbocycles. The number of rotatable bonds is 7. The number of nitrogens with zero attached hydrogens (tertiary/aromatic N) is 1. The Kier molecular flexibility index (Phi) is 8.18. The van der Waals surface area contributed by atoms with Gasteiger partial charge in [-0.3, -0.25) is 19.3 Å². The smallest absolute Gasteiger partial charge is 0.294 e. The standard InChI is InChI=1S/C25H17BrCl2N2O4S/c26-17-3-10-21(34-14-15-1-4-18(27)5-2-15)16(11-17)12-22-24(32)30(25(33)35-22)13-23(31)29-20-8-6-19(28)7-9-20/h1-12H,13-14H2,(H,29,31)/b22-12+. The zero-order valence-corrected chi connectivity index (χ0v) is 21.9. The number of imide groups is 1. The molecule has 0 unspecified atom stereocenters. The highest BCUT2D eigenvalue weighted by molar-refractivity contribution is 9.10. The summed E-state index contributed by atoms with van der Waals surface area (Å²) >= 11 is 16.0. The molecule has 0 aromatic heterocycles. The maximum Gasteiger partial charge on any atom is 0.294 e. The first-order valence-corrected chi connectivity index (χ1v) is 12.6. The fourth-order valence-corrected chi connectivity index (χ4v) is 4.62. The van der Waals surface area contributed by atoms with Crippen molar-refractivity contribution in [3.05, 3.63) is 97.3 Å². The molecule has 1 fully saturated rings. The summed E-state index contributed by atoms with van der Waals surface area (Å²) in [6, 6.07) is 19.2. The lowest BCUT2D eigenvalue weighted by Crippen LogP contribution is -2.36. The normalized spacial score (nSPS) is 14.5. The van der Waals surface area contributed by atoms with Crippen molar-refractivity contribution in [1.82, 2.24) is 4.90 Å². The molecule has 178 valence electrons. The minimum Gasteiger partial charge on any atom is -0.488 e. The average molecular weight is 592 g/mol. The van der Waals surface area contributed by atoms with E-state index in [0.29, 0.717) is 33.7 Å². The molecule has 1 saturated heterocycles. The average Bonchev–Trinajstić information content (AvgIpc) is 3.08. The van der Waals surface area contributed by atoms with E-state index < -0.39 is 23.6 Å². The first-order valence-electron chi connectivity index (χ1n) is 10.3. The molecule has 0 atom stereocenters. The van der Waals surface area contributed by atoms with Gasteiger partial charge in [0.25, 0.3) is 11.1 Å². The van der Waals surface area contributed by atoms with Gasteiger partial charge in [0, 0.05) is 25.8 Å². The van der Waals surface area contributed by atoms with E-state index in [4.69, 9.17) is 27.9 Å². The van der Waals surface area contributed by atoms with Crippen molar-refractivity contribution < 1.29 is 19.1 Å². The van der Waals surface area contributed by atoms with Crippen LogP contribution in [0.15, 0.2) is 76.1 Å². The third-order valence-electron chi connectivity index (χ3n) is 4.87. The molecule has 0 bridgehead atoms. The van der Waals surface area contributed by atoms with Crippen LogP contribution < -0.4 is 10.1 Å². The topological polar surface area (TPSA) is 75.7 Å². The largest absolute Gasteiger partial charge is 0.488 e. The van der Waals surface area contributed by atoms with Crippen molar-refractivity contribution in [3.63, 3.8) is 0 Å². The molecule has 3 aromatic rings. The quantitative estimate of drug-likeness (QED) is 0.299. The highest BCUT2D eigenvalue weighted by Crippen LogP contribution is 2.35. The molecule has 1 aliphatic rings. The third-order valence-corrected chi connectivity index (χ3v) is 6.77. The van der Waals surface area contributed by atoms with Gasteiger partial charge in [0.1, 0.15) is 18.9 Å². The maximum absolute atomic E-state index is 12.9. The van der Waals surface area contributed by atoms with Crippen LogP contribution in [0.1, 0.15) is 11.1 Å². The van der Waals surface area contributed by atoms with Crippen LogP contribution in [-0.2, 0) is 16.2 Å².